The Bertz CT molecular complexity index is 2410. The second kappa shape index (κ2) is 28.7. The molecule has 0 atom stereocenters. The van der Waals surface area contributed by atoms with E-state index in [1.54, 1.807) is 0 Å². The molecule has 0 spiro atoms. The summed E-state index contributed by atoms with van der Waals surface area (Å²) >= 11 is 0. The molecule has 3 aromatic heterocycles. The molecule has 0 aliphatic heterocycles. The fraction of sp³-hybridized carbons (Fsp3) is 0.492. The maximum absolute atomic E-state index is 6.22. The maximum Gasteiger partial charge on any atom is 0.159 e. The van der Waals surface area contributed by atoms with Gasteiger partial charge in [-0.05, 0) is 123 Å². The predicted octanol–water partition coefficient (Wildman–Crippen LogP) is 16.9. The number of hydrogen-bond acceptors (Lipinski definition) is 7. The molecule has 9 heteroatoms. The Morgan fingerprint density at radius 1 is 0.357 bits per heavy atom. The first-order chi connectivity index (χ1) is 34.6. The topological polar surface area (TPSA) is 85.4 Å². The van der Waals surface area contributed by atoms with Crippen LogP contribution in [0, 0.1) is 0 Å². The molecule has 0 N–H and O–H groups in total. The van der Waals surface area contributed by atoms with Crippen molar-refractivity contribution in [3.63, 3.8) is 0 Å². The van der Waals surface area contributed by atoms with E-state index in [0.717, 1.165) is 118 Å². The molecular formula is C61H81N5O4. The average Bonchev–Trinajstić information content (AvgIpc) is 3.97. The number of benzene rings is 4. The van der Waals surface area contributed by atoms with Crippen molar-refractivity contribution >= 4 is 22.1 Å². The molecule has 3 heterocycles. The highest BCUT2D eigenvalue weighted by atomic mass is 16.5. The smallest absolute Gasteiger partial charge is 0.159 e. The molecule has 0 bridgehead atoms. The minimum absolute atomic E-state index is 0.444. The Morgan fingerprint density at radius 3 is 1.06 bits per heavy atom. The zero-order chi connectivity index (χ0) is 48.6. The fourth-order valence-electron chi connectivity index (χ4n) is 9.40. The van der Waals surface area contributed by atoms with Gasteiger partial charge in [0.25, 0.3) is 0 Å². The number of nitrogens with zero attached hydrogens (tertiary/aromatic N) is 5. The summed E-state index contributed by atoms with van der Waals surface area (Å²) in [6.45, 7) is 12.8. The van der Waals surface area contributed by atoms with Gasteiger partial charge in [0, 0.05) is 13.1 Å². The normalized spacial score (nSPS) is 11.5. The van der Waals surface area contributed by atoms with Crippen molar-refractivity contribution in [3.05, 3.63) is 114 Å². The summed E-state index contributed by atoms with van der Waals surface area (Å²) in [5.74, 6) is 5.07. The van der Waals surface area contributed by atoms with Gasteiger partial charge in [-0.25, -0.2) is 15.0 Å². The largest absolute Gasteiger partial charge is 0.494 e. The van der Waals surface area contributed by atoms with E-state index in [4.69, 9.17) is 33.9 Å². The van der Waals surface area contributed by atoms with E-state index in [1.165, 1.54) is 116 Å². The monoisotopic (exact) mass is 948 g/mol. The van der Waals surface area contributed by atoms with Crippen LogP contribution in [0.3, 0.4) is 0 Å². The van der Waals surface area contributed by atoms with Gasteiger partial charge in [0.2, 0.25) is 0 Å². The van der Waals surface area contributed by atoms with Crippen LogP contribution in [0.5, 0.6) is 23.0 Å². The Kier molecular flexibility index (Phi) is 21.4. The van der Waals surface area contributed by atoms with Crippen LogP contribution in [0.15, 0.2) is 103 Å². The van der Waals surface area contributed by atoms with Crippen molar-refractivity contribution in [2.75, 3.05) is 13.2 Å². The first-order valence-electron chi connectivity index (χ1n) is 27.2. The van der Waals surface area contributed by atoms with Gasteiger partial charge in [-0.3, -0.25) is 0 Å². The van der Waals surface area contributed by atoms with E-state index in [1.807, 2.05) is 60.7 Å². The lowest BCUT2D eigenvalue weighted by Crippen LogP contribution is -2.02. The predicted molar refractivity (Wildman–Crippen MR) is 289 cm³/mol. The molecule has 0 saturated carbocycles. The minimum Gasteiger partial charge on any atom is -0.494 e. The van der Waals surface area contributed by atoms with Crippen LogP contribution in [0.2, 0.25) is 0 Å². The molecule has 7 aromatic rings. The lowest BCUT2D eigenvalue weighted by Gasteiger charge is -2.10. The zero-order valence-electron chi connectivity index (χ0n) is 43.1. The maximum atomic E-state index is 6.22. The van der Waals surface area contributed by atoms with E-state index >= 15 is 0 Å². The fourth-order valence-corrected chi connectivity index (χ4v) is 9.40. The molecule has 0 fully saturated rings. The van der Waals surface area contributed by atoms with Gasteiger partial charge in [-0.1, -0.05) is 148 Å². The third kappa shape index (κ3) is 15.6. The molecule has 0 radical (unpaired) electrons. The van der Waals surface area contributed by atoms with Crippen LogP contribution in [-0.4, -0.2) is 37.3 Å². The van der Waals surface area contributed by atoms with Crippen LogP contribution in [0.4, 0.5) is 0 Å². The molecule has 4 aromatic carbocycles. The molecule has 7 rings (SSSR count). The molecule has 70 heavy (non-hydrogen) atoms. The highest BCUT2D eigenvalue weighted by molar-refractivity contribution is 5.83. The van der Waals surface area contributed by atoms with Crippen LogP contribution in [-0.2, 0) is 26.3 Å². The Morgan fingerprint density at radius 2 is 0.700 bits per heavy atom. The number of unbranched alkanes of at least 4 members (excludes halogenated alkanes) is 18. The van der Waals surface area contributed by atoms with Crippen molar-refractivity contribution in [1.82, 2.24) is 24.1 Å². The van der Waals surface area contributed by atoms with Gasteiger partial charge in [-0.2, -0.15) is 0 Å². The molecular weight excluding hydrogens is 867 g/mol. The SMILES string of the molecule is CCCCCCCCCCCCOc1ccc(OCc2ccc3c(c2)nc(-c2cccc(-c4nc5cc(COc6ccc(OCCCCCCCCCCCC)cc6)ccc5n4CC)n2)n3CC)cc1. The number of ether oxygens (including phenoxy) is 4. The summed E-state index contributed by atoms with van der Waals surface area (Å²) in [6.07, 6.45) is 26.4. The van der Waals surface area contributed by atoms with Crippen molar-refractivity contribution in [2.45, 2.75) is 182 Å². The van der Waals surface area contributed by atoms with Gasteiger partial charge in [-0.15, -0.1) is 0 Å². The summed E-state index contributed by atoms with van der Waals surface area (Å²) < 4.78 is 29.0. The Balaban J connectivity index is 0.893. The summed E-state index contributed by atoms with van der Waals surface area (Å²) in [5.41, 5.74) is 7.70. The van der Waals surface area contributed by atoms with Gasteiger partial charge >= 0.3 is 0 Å². The summed E-state index contributed by atoms with van der Waals surface area (Å²) in [6, 6.07) is 34.9. The first-order valence-corrected chi connectivity index (χ1v) is 27.2. The standard InChI is InChI=1S/C61H81N5O4/c1-5-9-11-13-15-17-19-21-23-25-42-67-50-32-36-52(37-33-50)69-46-48-30-40-58-56(44-48)63-60(65(58)7-3)54-28-27-29-55(62-54)61-64-57-45-49(31-41-59(57)66(61)8-4)47-70-53-38-34-51(35-39-53)68-43-26-24-22-20-18-16-14-12-10-6-2/h27-41,44-45H,5-26,42-43,46-47H2,1-4H3. The van der Waals surface area contributed by atoms with Crippen LogP contribution in [0.1, 0.15) is 167 Å². The van der Waals surface area contributed by atoms with E-state index in [2.05, 4.69) is 79.3 Å². The molecule has 0 saturated heterocycles. The second-order valence-electron chi connectivity index (χ2n) is 19.0. The molecule has 0 aliphatic rings. The summed E-state index contributed by atoms with van der Waals surface area (Å²) in [4.78, 5) is 15.5. The quantitative estimate of drug-likeness (QED) is 0.0372. The number of imidazole rings is 2. The lowest BCUT2D eigenvalue weighted by molar-refractivity contribution is 0.296. The highest BCUT2D eigenvalue weighted by Crippen LogP contribution is 2.30. The van der Waals surface area contributed by atoms with Crippen LogP contribution < -0.4 is 18.9 Å². The summed E-state index contributed by atoms with van der Waals surface area (Å²) in [5, 5.41) is 0. The second-order valence-corrected chi connectivity index (χ2v) is 19.0. The van der Waals surface area contributed by atoms with Crippen molar-refractivity contribution in [2.24, 2.45) is 0 Å². The number of pyridine rings is 1. The zero-order valence-corrected chi connectivity index (χ0v) is 43.1. The first kappa shape index (κ1) is 52.0. The van der Waals surface area contributed by atoms with Crippen molar-refractivity contribution in [1.29, 1.82) is 0 Å². The molecule has 0 amide bonds. The molecule has 0 unspecified atom stereocenters. The van der Waals surface area contributed by atoms with Crippen LogP contribution in [0.25, 0.3) is 45.1 Å². The van der Waals surface area contributed by atoms with Crippen LogP contribution >= 0.6 is 0 Å². The third-order valence-electron chi connectivity index (χ3n) is 13.5. The number of rotatable bonds is 34. The minimum atomic E-state index is 0.444. The summed E-state index contributed by atoms with van der Waals surface area (Å²) in [7, 11) is 0. The van der Waals surface area contributed by atoms with E-state index in [9.17, 15) is 0 Å². The molecule has 374 valence electrons. The van der Waals surface area contributed by atoms with Gasteiger partial charge in [0.1, 0.15) is 47.6 Å². The number of fused-ring (bicyclic) bond motifs is 2. The number of aromatic nitrogens is 5. The van der Waals surface area contributed by atoms with E-state index < -0.39 is 0 Å². The molecule has 9 nitrogen and oxygen atoms in total. The van der Waals surface area contributed by atoms with Crippen molar-refractivity contribution in [3.8, 4) is 46.0 Å². The van der Waals surface area contributed by atoms with E-state index in [0.29, 0.717) is 13.2 Å². The number of hydrogen-bond donors (Lipinski definition) is 0. The number of aryl methyl sites for hydroxylation is 2. The average molecular weight is 948 g/mol. The van der Waals surface area contributed by atoms with Crippen molar-refractivity contribution < 1.29 is 18.9 Å². The van der Waals surface area contributed by atoms with Gasteiger partial charge in [0.15, 0.2) is 11.6 Å². The van der Waals surface area contributed by atoms with E-state index in [-0.39, 0.29) is 0 Å². The highest BCUT2D eigenvalue weighted by Gasteiger charge is 2.18. The molecule has 0 aliphatic carbocycles. The Hall–Kier alpha value is -5.83. The lowest BCUT2D eigenvalue weighted by atomic mass is 10.1. The Labute approximate surface area is 419 Å². The van der Waals surface area contributed by atoms with Gasteiger partial charge < -0.3 is 28.1 Å². The third-order valence-corrected chi connectivity index (χ3v) is 13.5. The van der Waals surface area contributed by atoms with Gasteiger partial charge in [0.05, 0.1) is 35.3 Å².